The van der Waals surface area contributed by atoms with Crippen molar-refractivity contribution in [3.8, 4) is 17.1 Å². The Hall–Kier alpha value is -3.52. The van der Waals surface area contributed by atoms with Gasteiger partial charge in [0.05, 0.1) is 22.4 Å². The van der Waals surface area contributed by atoms with Gasteiger partial charge in [0.15, 0.2) is 17.0 Å². The summed E-state index contributed by atoms with van der Waals surface area (Å²) in [6.07, 6.45) is 5.03. The van der Waals surface area contributed by atoms with Gasteiger partial charge in [-0.05, 0) is 25.1 Å². The Morgan fingerprint density at radius 2 is 2.07 bits per heavy atom. The first-order chi connectivity index (χ1) is 13.1. The smallest absolute Gasteiger partial charge is 0.209 e. The molecule has 0 fully saturated rings. The van der Waals surface area contributed by atoms with Crippen LogP contribution in [0, 0.1) is 6.92 Å². The zero-order chi connectivity index (χ0) is 18.5. The topological polar surface area (TPSA) is 105 Å². The normalized spacial score (nSPS) is 11.5. The summed E-state index contributed by atoms with van der Waals surface area (Å²) in [6, 6.07) is 6.97. The number of nitrogens with one attached hydrogen (secondary N) is 2. The van der Waals surface area contributed by atoms with Crippen molar-refractivity contribution >= 4 is 33.7 Å². The first-order valence-corrected chi connectivity index (χ1v) is 8.53. The average Bonchev–Trinajstić information content (AvgIpc) is 3.30. The lowest BCUT2D eigenvalue weighted by molar-refractivity contribution is 0.832. The van der Waals surface area contributed by atoms with E-state index in [9.17, 15) is 4.79 Å². The summed E-state index contributed by atoms with van der Waals surface area (Å²) in [5.74, 6) is 0.497. The summed E-state index contributed by atoms with van der Waals surface area (Å²) < 4.78 is 1.63. The highest BCUT2D eigenvalue weighted by atomic mass is 35.5. The molecule has 27 heavy (non-hydrogen) atoms. The molecule has 0 bridgehead atoms. The molecule has 0 saturated heterocycles. The Morgan fingerprint density at radius 3 is 2.89 bits per heavy atom. The first-order valence-electron chi connectivity index (χ1n) is 8.15. The van der Waals surface area contributed by atoms with Gasteiger partial charge < -0.3 is 4.98 Å². The molecule has 0 aliphatic heterocycles. The molecule has 0 aliphatic rings. The molecule has 0 aliphatic carbocycles. The molecule has 0 amide bonds. The van der Waals surface area contributed by atoms with Crippen LogP contribution in [0.3, 0.4) is 0 Å². The van der Waals surface area contributed by atoms with Crippen LogP contribution in [0.25, 0.3) is 39.1 Å². The van der Waals surface area contributed by atoms with Crippen LogP contribution in [-0.2, 0) is 0 Å². The average molecular weight is 378 g/mol. The molecule has 0 spiro atoms. The predicted octanol–water partition coefficient (Wildman–Crippen LogP) is 3.01. The number of aromatic amines is 2. The van der Waals surface area contributed by atoms with Gasteiger partial charge in [0, 0.05) is 29.4 Å². The summed E-state index contributed by atoms with van der Waals surface area (Å²) in [7, 11) is 0. The number of hydrogen-bond donors (Lipinski definition) is 2. The number of rotatable bonds is 2. The second-order valence-electron chi connectivity index (χ2n) is 6.13. The lowest BCUT2D eigenvalue weighted by Crippen LogP contribution is -2.10. The SMILES string of the molecule is Cc1ccn(-c2nc3[nH]ccc(=O)c3nc2-c2cc(Cl)c3[nH]ncc3c2)n1. The molecule has 0 saturated carbocycles. The van der Waals surface area contributed by atoms with E-state index in [-0.39, 0.29) is 10.9 Å². The van der Waals surface area contributed by atoms with Gasteiger partial charge in [0.1, 0.15) is 5.69 Å². The predicted molar refractivity (Wildman–Crippen MR) is 102 cm³/mol. The summed E-state index contributed by atoms with van der Waals surface area (Å²) in [5, 5.41) is 12.7. The fourth-order valence-corrected chi connectivity index (χ4v) is 3.28. The van der Waals surface area contributed by atoms with Gasteiger partial charge >= 0.3 is 0 Å². The van der Waals surface area contributed by atoms with E-state index in [2.05, 4.69) is 30.2 Å². The summed E-state index contributed by atoms with van der Waals surface area (Å²) in [5.41, 5.74) is 3.24. The summed E-state index contributed by atoms with van der Waals surface area (Å²) >= 11 is 6.40. The number of hydrogen-bond acceptors (Lipinski definition) is 5. The van der Waals surface area contributed by atoms with Crippen LogP contribution >= 0.6 is 11.6 Å². The largest absolute Gasteiger partial charge is 0.345 e. The lowest BCUT2D eigenvalue weighted by Gasteiger charge is -2.10. The highest BCUT2D eigenvalue weighted by Crippen LogP contribution is 2.31. The van der Waals surface area contributed by atoms with Crippen molar-refractivity contribution in [2.75, 3.05) is 0 Å². The molecule has 5 aromatic rings. The van der Waals surface area contributed by atoms with Gasteiger partial charge in [-0.25, -0.2) is 14.6 Å². The van der Waals surface area contributed by atoms with Gasteiger partial charge in [-0.3, -0.25) is 9.89 Å². The van der Waals surface area contributed by atoms with Crippen LogP contribution in [0.4, 0.5) is 0 Å². The number of H-pyrrole nitrogens is 2. The van der Waals surface area contributed by atoms with Crippen molar-refractivity contribution in [1.82, 2.24) is 34.9 Å². The molecule has 132 valence electrons. The molecule has 4 heterocycles. The van der Waals surface area contributed by atoms with E-state index in [4.69, 9.17) is 11.6 Å². The molecular weight excluding hydrogens is 366 g/mol. The van der Waals surface area contributed by atoms with E-state index >= 15 is 0 Å². The number of benzene rings is 1. The van der Waals surface area contributed by atoms with Gasteiger partial charge in [0.25, 0.3) is 0 Å². The maximum absolute atomic E-state index is 12.3. The molecule has 0 radical (unpaired) electrons. The van der Waals surface area contributed by atoms with Crippen LogP contribution in [0.15, 0.2) is 47.7 Å². The molecule has 1 aromatic carbocycles. The number of fused-ring (bicyclic) bond motifs is 2. The van der Waals surface area contributed by atoms with E-state index in [0.29, 0.717) is 22.2 Å². The van der Waals surface area contributed by atoms with Crippen molar-refractivity contribution in [3.05, 3.63) is 63.8 Å². The Bertz CT molecular complexity index is 1380. The van der Waals surface area contributed by atoms with Crippen LogP contribution < -0.4 is 5.43 Å². The van der Waals surface area contributed by atoms with Crippen LogP contribution in [-0.4, -0.2) is 34.9 Å². The molecule has 2 N–H and O–H groups in total. The second-order valence-corrected chi connectivity index (χ2v) is 6.54. The van der Waals surface area contributed by atoms with Gasteiger partial charge in [0.2, 0.25) is 5.43 Å². The minimum absolute atomic E-state index is 0.212. The molecule has 0 atom stereocenters. The van der Waals surface area contributed by atoms with Crippen molar-refractivity contribution in [2.24, 2.45) is 0 Å². The van der Waals surface area contributed by atoms with Crippen molar-refractivity contribution in [1.29, 1.82) is 0 Å². The number of nitrogens with zero attached hydrogens (tertiary/aromatic N) is 5. The summed E-state index contributed by atoms with van der Waals surface area (Å²) in [4.78, 5) is 24.5. The van der Waals surface area contributed by atoms with Gasteiger partial charge in [-0.2, -0.15) is 10.2 Å². The zero-order valence-electron chi connectivity index (χ0n) is 14.1. The third-order valence-corrected chi connectivity index (χ3v) is 4.58. The lowest BCUT2D eigenvalue weighted by atomic mass is 10.1. The van der Waals surface area contributed by atoms with E-state index in [1.807, 2.05) is 19.1 Å². The number of pyridine rings is 1. The van der Waals surface area contributed by atoms with Gasteiger partial charge in [-0.1, -0.05) is 11.6 Å². The maximum Gasteiger partial charge on any atom is 0.209 e. The Kier molecular flexibility index (Phi) is 3.34. The van der Waals surface area contributed by atoms with Crippen molar-refractivity contribution in [2.45, 2.75) is 6.92 Å². The molecule has 5 rings (SSSR count). The first kappa shape index (κ1) is 15.7. The van der Waals surface area contributed by atoms with Gasteiger partial charge in [-0.15, -0.1) is 0 Å². The number of aryl methyl sites for hydroxylation is 1. The van der Waals surface area contributed by atoms with E-state index < -0.39 is 0 Å². The minimum Gasteiger partial charge on any atom is -0.345 e. The maximum atomic E-state index is 12.3. The fraction of sp³-hybridized carbons (Fsp3) is 0.0556. The Morgan fingerprint density at radius 1 is 1.19 bits per heavy atom. The van der Waals surface area contributed by atoms with Crippen molar-refractivity contribution < 1.29 is 0 Å². The van der Waals surface area contributed by atoms with Crippen LogP contribution in [0.5, 0.6) is 0 Å². The van der Waals surface area contributed by atoms with Crippen LogP contribution in [0.1, 0.15) is 5.69 Å². The van der Waals surface area contributed by atoms with E-state index in [1.54, 1.807) is 29.3 Å². The van der Waals surface area contributed by atoms with Crippen LogP contribution in [0.2, 0.25) is 5.02 Å². The Balaban J connectivity index is 1.88. The monoisotopic (exact) mass is 377 g/mol. The van der Waals surface area contributed by atoms with E-state index in [1.165, 1.54) is 6.07 Å². The standard InChI is InChI=1S/C18H12ClN7O/c1-9-3-5-26(25-9)18-15(22-16-13(27)2-4-20-17(16)23-18)10-6-11-8-21-24-14(11)12(19)7-10/h2-8H,1H3,(H,21,24)(H,20,23,27). The summed E-state index contributed by atoms with van der Waals surface area (Å²) in [6.45, 7) is 1.89. The number of halogens is 1. The molecule has 9 heteroatoms. The number of aromatic nitrogens is 7. The van der Waals surface area contributed by atoms with Crippen molar-refractivity contribution in [3.63, 3.8) is 0 Å². The molecule has 4 aromatic heterocycles. The molecular formula is C18H12ClN7O. The quantitative estimate of drug-likeness (QED) is 0.492. The zero-order valence-corrected chi connectivity index (χ0v) is 14.8. The molecule has 8 nitrogen and oxygen atoms in total. The highest BCUT2D eigenvalue weighted by molar-refractivity contribution is 6.35. The highest BCUT2D eigenvalue weighted by Gasteiger charge is 2.17. The fourth-order valence-electron chi connectivity index (χ4n) is 3.01. The minimum atomic E-state index is -0.212. The third-order valence-electron chi connectivity index (χ3n) is 4.28. The molecule has 0 unspecified atom stereocenters. The second kappa shape index (κ2) is 5.75. The Labute approximate surface area is 156 Å². The van der Waals surface area contributed by atoms with E-state index in [0.717, 1.165) is 22.2 Å². The third kappa shape index (κ3) is 2.49.